The molecule has 0 aromatic heterocycles. The van der Waals surface area contributed by atoms with Gasteiger partial charge in [-0.05, 0) is 42.6 Å². The van der Waals surface area contributed by atoms with Crippen molar-refractivity contribution < 1.29 is 19.1 Å². The first-order valence-corrected chi connectivity index (χ1v) is 10.6. The number of esters is 1. The number of carbonyl (C=O) groups is 3. The second-order valence-electron chi connectivity index (χ2n) is 6.88. The maximum atomic E-state index is 11.9. The lowest BCUT2D eigenvalue weighted by Gasteiger charge is -2.11. The number of thiocarbonyl (C=S) groups is 1. The van der Waals surface area contributed by atoms with Gasteiger partial charge in [0.1, 0.15) is 0 Å². The first-order chi connectivity index (χ1) is 15.0. The van der Waals surface area contributed by atoms with Gasteiger partial charge in [0.15, 0.2) is 5.11 Å². The van der Waals surface area contributed by atoms with E-state index in [4.69, 9.17) is 17.0 Å². The van der Waals surface area contributed by atoms with Crippen LogP contribution in [0.1, 0.15) is 36.8 Å². The van der Waals surface area contributed by atoms with Crippen molar-refractivity contribution in [1.82, 2.24) is 16.2 Å². The summed E-state index contributed by atoms with van der Waals surface area (Å²) in [5, 5.41) is 2.45. The van der Waals surface area contributed by atoms with Gasteiger partial charge in [0.25, 0.3) is 0 Å². The number of hydrogen-bond acceptors (Lipinski definition) is 5. The molecule has 0 aliphatic carbocycles. The highest BCUT2D eigenvalue weighted by molar-refractivity contribution is 7.80. The normalized spacial score (nSPS) is 10.1. The third-order valence-corrected chi connectivity index (χ3v) is 4.48. The third kappa shape index (κ3) is 10.9. The van der Waals surface area contributed by atoms with E-state index in [1.165, 1.54) is 5.56 Å². The van der Waals surface area contributed by atoms with E-state index in [0.717, 1.165) is 18.4 Å². The van der Waals surface area contributed by atoms with Gasteiger partial charge in [-0.3, -0.25) is 25.2 Å². The summed E-state index contributed by atoms with van der Waals surface area (Å²) in [6.07, 6.45) is 2.44. The highest BCUT2D eigenvalue weighted by Crippen LogP contribution is 2.04. The van der Waals surface area contributed by atoms with E-state index in [-0.39, 0.29) is 42.2 Å². The summed E-state index contributed by atoms with van der Waals surface area (Å²) in [5.41, 5.74) is 6.99. The Balaban J connectivity index is 1.50. The Morgan fingerprint density at radius 3 is 2.10 bits per heavy atom. The Kier molecular flexibility index (Phi) is 10.7. The summed E-state index contributed by atoms with van der Waals surface area (Å²) >= 11 is 4.98. The number of nitrogens with one attached hydrogen (secondary N) is 3. The van der Waals surface area contributed by atoms with Crippen LogP contribution in [0.25, 0.3) is 0 Å². The number of amides is 2. The zero-order valence-electron chi connectivity index (χ0n) is 17.3. The first kappa shape index (κ1) is 24.0. The van der Waals surface area contributed by atoms with Crippen LogP contribution in [0.15, 0.2) is 60.7 Å². The molecule has 0 bridgehead atoms. The average Bonchev–Trinajstić information content (AvgIpc) is 2.77. The molecular formula is C23H27N3O4S. The van der Waals surface area contributed by atoms with E-state index in [9.17, 15) is 14.4 Å². The molecule has 0 fully saturated rings. The van der Waals surface area contributed by atoms with Crippen molar-refractivity contribution in [3.05, 3.63) is 71.8 Å². The van der Waals surface area contributed by atoms with Crippen LogP contribution < -0.4 is 16.2 Å². The number of rotatable bonds is 10. The number of hydrogen-bond donors (Lipinski definition) is 3. The van der Waals surface area contributed by atoms with Crippen molar-refractivity contribution in [3.63, 3.8) is 0 Å². The van der Waals surface area contributed by atoms with Crippen molar-refractivity contribution in [1.29, 1.82) is 0 Å². The molecule has 7 nitrogen and oxygen atoms in total. The lowest BCUT2D eigenvalue weighted by Crippen LogP contribution is -2.48. The number of benzene rings is 2. The van der Waals surface area contributed by atoms with Crippen LogP contribution >= 0.6 is 12.2 Å². The predicted molar refractivity (Wildman–Crippen MR) is 122 cm³/mol. The Bertz CT molecular complexity index is 860. The lowest BCUT2D eigenvalue weighted by atomic mass is 10.1. The first-order valence-electron chi connectivity index (χ1n) is 10.1. The fourth-order valence-electron chi connectivity index (χ4n) is 2.74. The van der Waals surface area contributed by atoms with Gasteiger partial charge >= 0.3 is 5.97 Å². The molecule has 0 atom stereocenters. The summed E-state index contributed by atoms with van der Waals surface area (Å²) in [5.74, 6) is -0.945. The molecule has 2 amide bonds. The van der Waals surface area contributed by atoms with Crippen LogP contribution in [0.3, 0.4) is 0 Å². The van der Waals surface area contributed by atoms with Gasteiger partial charge in [-0.1, -0.05) is 60.7 Å². The van der Waals surface area contributed by atoms with Gasteiger partial charge in [-0.25, -0.2) is 0 Å². The van der Waals surface area contributed by atoms with E-state index in [2.05, 4.69) is 16.2 Å². The Morgan fingerprint density at radius 2 is 1.42 bits per heavy atom. The fourth-order valence-corrected chi connectivity index (χ4v) is 2.91. The molecular weight excluding hydrogens is 414 g/mol. The molecule has 0 saturated carbocycles. The van der Waals surface area contributed by atoms with Gasteiger partial charge < -0.3 is 10.1 Å². The Hall–Kier alpha value is -3.26. The van der Waals surface area contributed by atoms with Gasteiger partial charge in [0, 0.05) is 12.8 Å². The molecule has 0 radical (unpaired) electrons. The quantitative estimate of drug-likeness (QED) is 0.227. The molecule has 0 aliphatic rings. The minimum absolute atomic E-state index is 0.00472. The second kappa shape index (κ2) is 13.9. The highest BCUT2D eigenvalue weighted by atomic mass is 32.1. The predicted octanol–water partition coefficient (Wildman–Crippen LogP) is 2.60. The summed E-state index contributed by atoms with van der Waals surface area (Å²) in [7, 11) is 0. The van der Waals surface area contributed by atoms with Crippen LogP contribution in [-0.4, -0.2) is 29.5 Å². The second-order valence-corrected chi connectivity index (χ2v) is 7.28. The largest absolute Gasteiger partial charge is 0.466 e. The molecule has 164 valence electrons. The summed E-state index contributed by atoms with van der Waals surface area (Å²) < 4.78 is 5.18. The lowest BCUT2D eigenvalue weighted by molar-refractivity contribution is -0.143. The van der Waals surface area contributed by atoms with Crippen LogP contribution in [0.5, 0.6) is 0 Å². The molecule has 2 rings (SSSR count). The molecule has 2 aromatic rings. The molecule has 0 unspecified atom stereocenters. The minimum atomic E-state index is -0.341. The minimum Gasteiger partial charge on any atom is -0.466 e. The molecule has 8 heteroatoms. The maximum absolute atomic E-state index is 11.9. The van der Waals surface area contributed by atoms with Crippen LogP contribution in [0.4, 0.5) is 0 Å². The van der Waals surface area contributed by atoms with E-state index in [0.29, 0.717) is 13.0 Å². The van der Waals surface area contributed by atoms with Crippen LogP contribution in [0.2, 0.25) is 0 Å². The molecule has 0 heterocycles. The third-order valence-electron chi connectivity index (χ3n) is 4.28. The Labute approximate surface area is 187 Å². The smallest absolute Gasteiger partial charge is 0.305 e. The van der Waals surface area contributed by atoms with Gasteiger partial charge in [-0.15, -0.1) is 0 Å². The van der Waals surface area contributed by atoms with Gasteiger partial charge in [0.05, 0.1) is 13.0 Å². The summed E-state index contributed by atoms with van der Waals surface area (Å²) in [6.45, 7) is 0.358. The van der Waals surface area contributed by atoms with E-state index < -0.39 is 0 Å². The highest BCUT2D eigenvalue weighted by Gasteiger charge is 2.09. The van der Waals surface area contributed by atoms with Crippen molar-refractivity contribution in [2.45, 2.75) is 38.5 Å². The molecule has 3 N–H and O–H groups in total. The van der Waals surface area contributed by atoms with Crippen molar-refractivity contribution in [2.75, 3.05) is 6.61 Å². The van der Waals surface area contributed by atoms with Crippen molar-refractivity contribution in [2.24, 2.45) is 0 Å². The van der Waals surface area contributed by atoms with Gasteiger partial charge in [-0.2, -0.15) is 0 Å². The molecule has 31 heavy (non-hydrogen) atoms. The number of carbonyl (C=O) groups excluding carboxylic acids is 3. The maximum Gasteiger partial charge on any atom is 0.305 e. The Morgan fingerprint density at radius 1 is 0.774 bits per heavy atom. The summed E-state index contributed by atoms with van der Waals surface area (Å²) in [4.78, 5) is 35.5. The van der Waals surface area contributed by atoms with E-state index in [1.807, 2.05) is 60.7 Å². The topological polar surface area (TPSA) is 96.5 Å². The fraction of sp³-hybridized carbons (Fsp3) is 0.304. The molecule has 0 spiro atoms. The van der Waals surface area contributed by atoms with Crippen LogP contribution in [0, 0.1) is 0 Å². The summed E-state index contributed by atoms with van der Waals surface area (Å²) in [6, 6.07) is 19.2. The zero-order valence-corrected chi connectivity index (χ0v) is 18.1. The van der Waals surface area contributed by atoms with Crippen LogP contribution in [-0.2, 0) is 32.0 Å². The number of hydrazine groups is 1. The van der Waals surface area contributed by atoms with Gasteiger partial charge in [0.2, 0.25) is 11.8 Å². The molecule has 2 aromatic carbocycles. The zero-order chi connectivity index (χ0) is 22.3. The molecule has 0 aliphatic heterocycles. The SMILES string of the molecule is O=C(Cc1ccccc1)NNC(=S)NC(=O)CCCC(=O)OCCCc1ccccc1. The van der Waals surface area contributed by atoms with Crippen molar-refractivity contribution >= 4 is 35.1 Å². The number of aryl methyl sites for hydroxylation is 1. The average molecular weight is 442 g/mol. The standard InChI is InChI=1S/C23H27N3O4S/c27-20(24-23(31)26-25-21(28)17-19-11-5-2-6-12-19)14-7-15-22(29)30-16-8-13-18-9-3-1-4-10-18/h1-6,9-12H,7-8,13-17H2,(H,25,28)(H2,24,26,27,31). The van der Waals surface area contributed by atoms with E-state index in [1.54, 1.807) is 0 Å². The molecule has 0 saturated heterocycles. The monoisotopic (exact) mass is 441 g/mol. The van der Waals surface area contributed by atoms with E-state index >= 15 is 0 Å². The van der Waals surface area contributed by atoms with Crippen molar-refractivity contribution in [3.8, 4) is 0 Å². The number of ether oxygens (including phenoxy) is 1.